The fourth-order valence-corrected chi connectivity index (χ4v) is 3.76. The van der Waals surface area contributed by atoms with Gasteiger partial charge in [0.1, 0.15) is 11.5 Å². The van der Waals surface area contributed by atoms with E-state index >= 15 is 0 Å². The Morgan fingerprint density at radius 2 is 2.30 bits per heavy atom. The first kappa shape index (κ1) is 19.9. The van der Waals surface area contributed by atoms with Gasteiger partial charge >= 0.3 is 0 Å². The van der Waals surface area contributed by atoms with Crippen molar-refractivity contribution in [3.05, 3.63) is 37.3 Å². The Morgan fingerprint density at radius 3 is 3.10 bits per heavy atom. The van der Waals surface area contributed by atoms with Gasteiger partial charge in [-0.25, -0.2) is 0 Å². The van der Waals surface area contributed by atoms with Crippen molar-refractivity contribution in [1.29, 1.82) is 0 Å². The molecule has 0 radical (unpaired) electrons. The molecule has 9 nitrogen and oxygen atoms in total. The maximum absolute atomic E-state index is 12.0. The largest absolute Gasteiger partial charge is 0.365 e. The van der Waals surface area contributed by atoms with E-state index in [0.717, 1.165) is 48.5 Å². The fourth-order valence-electron chi connectivity index (χ4n) is 3.76. The van der Waals surface area contributed by atoms with Gasteiger partial charge in [-0.1, -0.05) is 20.4 Å². The molecule has 4 heterocycles. The molecule has 3 aromatic rings. The second kappa shape index (κ2) is 8.56. The highest BCUT2D eigenvalue weighted by Gasteiger charge is 2.23. The zero-order chi connectivity index (χ0) is 21.1. The normalized spacial score (nSPS) is 16.8. The van der Waals surface area contributed by atoms with Crippen LogP contribution in [0, 0.1) is 5.92 Å². The molecule has 3 N–H and O–H groups in total. The molecule has 0 spiro atoms. The molecule has 0 aliphatic carbocycles. The Balaban J connectivity index is 1.53. The third-order valence-corrected chi connectivity index (χ3v) is 5.11. The van der Waals surface area contributed by atoms with Gasteiger partial charge in [0.05, 0.1) is 17.3 Å². The van der Waals surface area contributed by atoms with Gasteiger partial charge in [-0.3, -0.25) is 9.48 Å². The summed E-state index contributed by atoms with van der Waals surface area (Å²) in [5.74, 6) is 1.72. The van der Waals surface area contributed by atoms with Crippen LogP contribution < -0.4 is 10.6 Å². The van der Waals surface area contributed by atoms with Crippen molar-refractivity contribution >= 4 is 34.4 Å². The number of carbonyl (C=O) groups is 1. The topological polar surface area (TPSA) is 104 Å². The first-order chi connectivity index (χ1) is 14.5. The number of hydrogen-bond acceptors (Lipinski definition) is 6. The highest BCUT2D eigenvalue weighted by Crippen LogP contribution is 2.25. The highest BCUT2D eigenvalue weighted by molar-refractivity contribution is 5.89. The van der Waals surface area contributed by atoms with Gasteiger partial charge in [-0.05, 0) is 30.9 Å². The quantitative estimate of drug-likeness (QED) is 0.519. The van der Waals surface area contributed by atoms with Crippen molar-refractivity contribution < 1.29 is 4.79 Å². The molecular formula is C21H28N8O. The van der Waals surface area contributed by atoms with E-state index in [1.54, 1.807) is 6.20 Å². The summed E-state index contributed by atoms with van der Waals surface area (Å²) in [6.45, 7) is 10.2. The molecule has 0 saturated carbocycles. The van der Waals surface area contributed by atoms with Crippen LogP contribution in [-0.2, 0) is 11.3 Å². The van der Waals surface area contributed by atoms with Crippen LogP contribution in [0.3, 0.4) is 0 Å². The molecule has 4 rings (SSSR count). The molecule has 1 amide bonds. The van der Waals surface area contributed by atoms with Crippen molar-refractivity contribution in [2.75, 3.05) is 23.7 Å². The SMILES string of the molecule is C=CC(=O)N1CCC[C@@H](Nc2nc(Nc3cnn(CC(C)C)c3)nc3[nH]ccc23)C1. The number of rotatable bonds is 7. The van der Waals surface area contributed by atoms with Gasteiger partial charge in [0.2, 0.25) is 11.9 Å². The summed E-state index contributed by atoms with van der Waals surface area (Å²) in [4.78, 5) is 26.3. The highest BCUT2D eigenvalue weighted by atomic mass is 16.2. The average Bonchev–Trinajstić information content (AvgIpc) is 3.36. The minimum absolute atomic E-state index is 0.0308. The van der Waals surface area contributed by atoms with Crippen LogP contribution in [0.1, 0.15) is 26.7 Å². The molecule has 0 unspecified atom stereocenters. The van der Waals surface area contributed by atoms with E-state index in [1.807, 2.05) is 28.0 Å². The maximum Gasteiger partial charge on any atom is 0.246 e. The molecule has 9 heteroatoms. The molecule has 3 aromatic heterocycles. The third kappa shape index (κ3) is 4.45. The second-order valence-electron chi connectivity index (χ2n) is 8.08. The van der Waals surface area contributed by atoms with Gasteiger partial charge in [0.15, 0.2) is 0 Å². The van der Waals surface area contributed by atoms with E-state index in [9.17, 15) is 4.79 Å². The molecule has 30 heavy (non-hydrogen) atoms. The number of anilines is 3. The number of amides is 1. The van der Waals surface area contributed by atoms with Crippen LogP contribution in [0.25, 0.3) is 11.0 Å². The Bertz CT molecular complexity index is 1040. The molecule has 1 aliphatic rings. The van der Waals surface area contributed by atoms with E-state index in [4.69, 9.17) is 4.98 Å². The Morgan fingerprint density at radius 1 is 1.43 bits per heavy atom. The molecule has 1 atom stereocenters. The monoisotopic (exact) mass is 408 g/mol. The number of aromatic nitrogens is 5. The molecule has 1 aliphatic heterocycles. The number of piperidine rings is 1. The van der Waals surface area contributed by atoms with E-state index < -0.39 is 0 Å². The van der Waals surface area contributed by atoms with Gasteiger partial charge < -0.3 is 20.5 Å². The second-order valence-corrected chi connectivity index (χ2v) is 8.08. The summed E-state index contributed by atoms with van der Waals surface area (Å²) in [6.07, 6.45) is 8.87. The van der Waals surface area contributed by atoms with Crippen LogP contribution in [0.5, 0.6) is 0 Å². The first-order valence-electron chi connectivity index (χ1n) is 10.3. The van der Waals surface area contributed by atoms with Gasteiger partial charge in [-0.2, -0.15) is 15.1 Å². The summed E-state index contributed by atoms with van der Waals surface area (Å²) in [7, 11) is 0. The predicted octanol–water partition coefficient (Wildman–Crippen LogP) is 3.14. The van der Waals surface area contributed by atoms with Crippen LogP contribution in [0.4, 0.5) is 17.5 Å². The number of fused-ring (bicyclic) bond motifs is 1. The number of likely N-dealkylation sites (tertiary alicyclic amines) is 1. The van der Waals surface area contributed by atoms with Crippen LogP contribution in [-0.4, -0.2) is 54.7 Å². The zero-order valence-corrected chi connectivity index (χ0v) is 17.4. The van der Waals surface area contributed by atoms with Crippen LogP contribution >= 0.6 is 0 Å². The Kier molecular flexibility index (Phi) is 5.69. The third-order valence-electron chi connectivity index (χ3n) is 5.11. The summed E-state index contributed by atoms with van der Waals surface area (Å²) < 4.78 is 1.91. The van der Waals surface area contributed by atoms with Gasteiger partial charge in [-0.15, -0.1) is 0 Å². The smallest absolute Gasteiger partial charge is 0.246 e. The standard InChI is InChI=1S/C21H28N8O/c1-4-18(30)28-9-5-6-15(12-28)24-20-17-7-8-22-19(17)26-21(27-20)25-16-10-23-29(13-16)11-14(2)3/h4,7-8,10,13-15H,1,5-6,9,11-12H2,2-3H3,(H3,22,24,25,26,27)/t15-/m1/s1. The summed E-state index contributed by atoms with van der Waals surface area (Å²) in [5, 5.41) is 12.1. The summed E-state index contributed by atoms with van der Waals surface area (Å²) >= 11 is 0. The minimum atomic E-state index is -0.0308. The predicted molar refractivity (Wildman–Crippen MR) is 118 cm³/mol. The number of nitrogens with zero attached hydrogens (tertiary/aromatic N) is 5. The van der Waals surface area contributed by atoms with Crippen LogP contribution in [0.2, 0.25) is 0 Å². The lowest BCUT2D eigenvalue weighted by atomic mass is 10.1. The van der Waals surface area contributed by atoms with Crippen molar-refractivity contribution in [2.45, 2.75) is 39.3 Å². The lowest BCUT2D eigenvalue weighted by molar-refractivity contribution is -0.127. The maximum atomic E-state index is 12.0. The molecular weight excluding hydrogens is 380 g/mol. The van der Waals surface area contributed by atoms with Gasteiger partial charge in [0.25, 0.3) is 0 Å². The Labute approximate surface area is 175 Å². The van der Waals surface area contributed by atoms with Crippen molar-refractivity contribution in [3.8, 4) is 0 Å². The lowest BCUT2D eigenvalue weighted by Gasteiger charge is -2.33. The van der Waals surface area contributed by atoms with Gasteiger partial charge in [0, 0.05) is 38.1 Å². The van der Waals surface area contributed by atoms with Crippen molar-refractivity contribution in [2.24, 2.45) is 5.92 Å². The first-order valence-corrected chi connectivity index (χ1v) is 10.3. The number of nitrogens with one attached hydrogen (secondary N) is 3. The van der Waals surface area contributed by atoms with Crippen molar-refractivity contribution in [1.82, 2.24) is 29.6 Å². The van der Waals surface area contributed by atoms with Crippen molar-refractivity contribution in [3.63, 3.8) is 0 Å². The van der Waals surface area contributed by atoms with Crippen LogP contribution in [0.15, 0.2) is 37.3 Å². The Hall–Kier alpha value is -3.36. The number of aromatic amines is 1. The molecule has 158 valence electrons. The fraction of sp³-hybridized carbons (Fsp3) is 0.429. The number of H-pyrrole nitrogens is 1. The average molecular weight is 409 g/mol. The number of hydrogen-bond donors (Lipinski definition) is 3. The number of carbonyl (C=O) groups excluding carboxylic acids is 1. The lowest BCUT2D eigenvalue weighted by Crippen LogP contribution is -2.44. The molecule has 0 bridgehead atoms. The summed E-state index contributed by atoms with van der Waals surface area (Å²) in [6, 6.07) is 2.08. The molecule has 0 aromatic carbocycles. The van der Waals surface area contributed by atoms with E-state index in [1.165, 1.54) is 6.08 Å². The van der Waals surface area contributed by atoms with E-state index in [0.29, 0.717) is 18.4 Å². The zero-order valence-electron chi connectivity index (χ0n) is 17.4. The molecule has 1 saturated heterocycles. The minimum Gasteiger partial charge on any atom is -0.365 e. The van der Waals surface area contributed by atoms with E-state index in [2.05, 4.69) is 46.1 Å². The summed E-state index contributed by atoms with van der Waals surface area (Å²) in [5.41, 5.74) is 1.59. The molecule has 1 fully saturated rings. The van der Waals surface area contributed by atoms with E-state index in [-0.39, 0.29) is 11.9 Å².